The molecule has 0 aliphatic heterocycles. The van der Waals surface area contributed by atoms with Crippen LogP contribution in [0.1, 0.15) is 30.9 Å². The minimum atomic E-state index is -0.0665. The summed E-state index contributed by atoms with van der Waals surface area (Å²) in [5.74, 6) is 0.723. The molecule has 0 aromatic heterocycles. The van der Waals surface area contributed by atoms with E-state index in [0.717, 1.165) is 23.8 Å². The number of rotatable bonds is 6. The highest BCUT2D eigenvalue weighted by Crippen LogP contribution is 2.47. The Hall–Kier alpha value is -2.09. The summed E-state index contributed by atoms with van der Waals surface area (Å²) in [7, 11) is 1.78. The predicted octanol–water partition coefficient (Wildman–Crippen LogP) is 3.66. The zero-order chi connectivity index (χ0) is 18.4. The molecule has 6 heteroatoms. The lowest BCUT2D eigenvalue weighted by atomic mass is 9.96. The fourth-order valence-electron chi connectivity index (χ4n) is 3.13. The van der Waals surface area contributed by atoms with E-state index >= 15 is 0 Å². The summed E-state index contributed by atoms with van der Waals surface area (Å²) in [4.78, 5) is 15.5. The van der Waals surface area contributed by atoms with Crippen molar-refractivity contribution < 1.29 is 4.79 Å². The van der Waals surface area contributed by atoms with Crippen LogP contribution in [0.4, 0.5) is 5.69 Å². The van der Waals surface area contributed by atoms with Crippen LogP contribution in [0.3, 0.4) is 0 Å². The SMILES string of the molecule is CN=C(NCc1cccc(NC(C)=O)c1)NCC1(c2ccccc2)CC1.I. The molecule has 0 bridgehead atoms. The minimum absolute atomic E-state index is 0. The Labute approximate surface area is 178 Å². The van der Waals surface area contributed by atoms with Gasteiger partial charge in [0.15, 0.2) is 5.96 Å². The average molecular weight is 478 g/mol. The van der Waals surface area contributed by atoms with E-state index in [0.29, 0.717) is 6.54 Å². The lowest BCUT2D eigenvalue weighted by Gasteiger charge is -2.19. The Balaban J connectivity index is 0.00000261. The third-order valence-electron chi connectivity index (χ3n) is 4.76. The van der Waals surface area contributed by atoms with Crippen molar-refractivity contribution in [2.45, 2.75) is 31.7 Å². The highest BCUT2D eigenvalue weighted by molar-refractivity contribution is 14.0. The van der Waals surface area contributed by atoms with Crippen LogP contribution in [0.25, 0.3) is 0 Å². The standard InChI is InChI=1S/C21H26N4O.HI/c1-16(26)25-19-10-6-7-17(13-19)14-23-20(22-2)24-15-21(11-12-21)18-8-4-3-5-9-18;/h3-10,13H,11-12,14-15H2,1-2H3,(H,25,26)(H2,22,23,24);1H. The van der Waals surface area contributed by atoms with Crippen LogP contribution in [-0.2, 0) is 16.8 Å². The molecule has 0 radical (unpaired) electrons. The quantitative estimate of drug-likeness (QED) is 0.338. The predicted molar refractivity (Wildman–Crippen MR) is 122 cm³/mol. The summed E-state index contributed by atoms with van der Waals surface area (Å²) in [5.41, 5.74) is 3.53. The number of halogens is 1. The molecule has 1 fully saturated rings. The minimum Gasteiger partial charge on any atom is -0.356 e. The molecule has 0 spiro atoms. The van der Waals surface area contributed by atoms with Gasteiger partial charge in [-0.3, -0.25) is 9.79 Å². The number of nitrogens with one attached hydrogen (secondary N) is 3. The molecule has 3 rings (SSSR count). The van der Waals surface area contributed by atoms with Gasteiger partial charge in [0.05, 0.1) is 0 Å². The number of aliphatic imine (C=N–C) groups is 1. The molecule has 144 valence electrons. The monoisotopic (exact) mass is 478 g/mol. The molecule has 0 heterocycles. The van der Waals surface area contributed by atoms with Gasteiger partial charge in [0.25, 0.3) is 0 Å². The van der Waals surface area contributed by atoms with E-state index in [4.69, 9.17) is 0 Å². The first kappa shape index (κ1) is 21.2. The first-order valence-corrected chi connectivity index (χ1v) is 8.98. The second kappa shape index (κ2) is 9.73. The Morgan fingerprint density at radius 3 is 2.44 bits per heavy atom. The molecule has 1 aliphatic carbocycles. The van der Waals surface area contributed by atoms with Crippen LogP contribution in [0.5, 0.6) is 0 Å². The van der Waals surface area contributed by atoms with Crippen LogP contribution < -0.4 is 16.0 Å². The van der Waals surface area contributed by atoms with Gasteiger partial charge in [-0.25, -0.2) is 0 Å². The highest BCUT2D eigenvalue weighted by Gasteiger charge is 2.43. The molecule has 27 heavy (non-hydrogen) atoms. The number of hydrogen-bond donors (Lipinski definition) is 3. The van der Waals surface area contributed by atoms with E-state index in [1.807, 2.05) is 24.3 Å². The van der Waals surface area contributed by atoms with Gasteiger partial charge in [0.2, 0.25) is 5.91 Å². The van der Waals surface area contributed by atoms with E-state index in [1.54, 1.807) is 7.05 Å². The third kappa shape index (κ3) is 5.95. The molecule has 1 aliphatic rings. The molecule has 1 saturated carbocycles. The van der Waals surface area contributed by atoms with Crippen molar-refractivity contribution in [3.63, 3.8) is 0 Å². The Bertz CT molecular complexity index is 788. The first-order valence-electron chi connectivity index (χ1n) is 8.98. The van der Waals surface area contributed by atoms with Gasteiger partial charge < -0.3 is 16.0 Å². The Kier molecular flexibility index (Phi) is 7.65. The second-order valence-corrected chi connectivity index (χ2v) is 6.81. The molecule has 1 amide bonds. The van der Waals surface area contributed by atoms with Crippen LogP contribution in [-0.4, -0.2) is 25.5 Å². The molecule has 2 aromatic carbocycles. The molecule has 3 N–H and O–H groups in total. The van der Waals surface area contributed by atoms with E-state index in [-0.39, 0.29) is 35.3 Å². The lowest BCUT2D eigenvalue weighted by Crippen LogP contribution is -2.40. The van der Waals surface area contributed by atoms with E-state index < -0.39 is 0 Å². The summed E-state index contributed by atoms with van der Waals surface area (Å²) < 4.78 is 0. The number of benzene rings is 2. The number of amides is 1. The van der Waals surface area contributed by atoms with E-state index in [9.17, 15) is 4.79 Å². The van der Waals surface area contributed by atoms with Crippen molar-refractivity contribution in [2.75, 3.05) is 18.9 Å². The maximum Gasteiger partial charge on any atom is 0.221 e. The lowest BCUT2D eigenvalue weighted by molar-refractivity contribution is -0.114. The molecule has 0 saturated heterocycles. The van der Waals surface area contributed by atoms with Crippen molar-refractivity contribution >= 4 is 41.5 Å². The number of hydrogen-bond acceptors (Lipinski definition) is 2. The number of guanidine groups is 1. The Morgan fingerprint density at radius 1 is 1.07 bits per heavy atom. The van der Waals surface area contributed by atoms with Crippen molar-refractivity contribution in [3.05, 3.63) is 65.7 Å². The van der Waals surface area contributed by atoms with Gasteiger partial charge in [-0.1, -0.05) is 42.5 Å². The maximum absolute atomic E-state index is 11.2. The summed E-state index contributed by atoms with van der Waals surface area (Å²) in [6.45, 7) is 3.03. The molecule has 5 nitrogen and oxygen atoms in total. The fraction of sp³-hybridized carbons (Fsp3) is 0.333. The van der Waals surface area contributed by atoms with Gasteiger partial charge in [-0.05, 0) is 36.1 Å². The molecular formula is C21H27IN4O. The van der Waals surface area contributed by atoms with Gasteiger partial charge in [-0.15, -0.1) is 24.0 Å². The van der Waals surface area contributed by atoms with Gasteiger partial charge >= 0.3 is 0 Å². The number of carbonyl (C=O) groups excluding carboxylic acids is 1. The largest absolute Gasteiger partial charge is 0.356 e. The third-order valence-corrected chi connectivity index (χ3v) is 4.76. The summed E-state index contributed by atoms with van der Waals surface area (Å²) >= 11 is 0. The van der Waals surface area contributed by atoms with Crippen molar-refractivity contribution in [3.8, 4) is 0 Å². The number of carbonyl (C=O) groups is 1. The maximum atomic E-state index is 11.2. The van der Waals surface area contributed by atoms with Crippen molar-refractivity contribution in [2.24, 2.45) is 4.99 Å². The van der Waals surface area contributed by atoms with E-state index in [2.05, 4.69) is 51.3 Å². The van der Waals surface area contributed by atoms with Crippen molar-refractivity contribution in [1.82, 2.24) is 10.6 Å². The van der Waals surface area contributed by atoms with Crippen molar-refractivity contribution in [1.29, 1.82) is 0 Å². The molecule has 0 atom stereocenters. The van der Waals surface area contributed by atoms with Crippen LogP contribution >= 0.6 is 24.0 Å². The van der Waals surface area contributed by atoms with Gasteiger partial charge in [0, 0.05) is 38.2 Å². The van der Waals surface area contributed by atoms with Crippen LogP contribution in [0, 0.1) is 0 Å². The smallest absolute Gasteiger partial charge is 0.221 e. The first-order chi connectivity index (χ1) is 12.6. The van der Waals surface area contributed by atoms with Gasteiger partial charge in [0.1, 0.15) is 0 Å². The molecular weight excluding hydrogens is 451 g/mol. The fourth-order valence-corrected chi connectivity index (χ4v) is 3.13. The van der Waals surface area contributed by atoms with Gasteiger partial charge in [-0.2, -0.15) is 0 Å². The number of nitrogens with zero attached hydrogens (tertiary/aromatic N) is 1. The van der Waals surface area contributed by atoms with Crippen LogP contribution in [0.2, 0.25) is 0 Å². The summed E-state index contributed by atoms with van der Waals surface area (Å²) in [6, 6.07) is 18.5. The Morgan fingerprint density at radius 2 is 1.81 bits per heavy atom. The topological polar surface area (TPSA) is 65.5 Å². The summed E-state index contributed by atoms with van der Waals surface area (Å²) in [6.07, 6.45) is 2.42. The molecule has 2 aromatic rings. The van der Waals surface area contributed by atoms with E-state index in [1.165, 1.54) is 25.3 Å². The zero-order valence-electron chi connectivity index (χ0n) is 15.8. The second-order valence-electron chi connectivity index (χ2n) is 6.81. The highest BCUT2D eigenvalue weighted by atomic mass is 127. The molecule has 0 unspecified atom stereocenters. The average Bonchev–Trinajstić information content (AvgIpc) is 3.44. The summed E-state index contributed by atoms with van der Waals surface area (Å²) in [5, 5.41) is 9.61. The normalized spacial score (nSPS) is 14.7. The van der Waals surface area contributed by atoms with Crippen LogP contribution in [0.15, 0.2) is 59.6 Å². The number of anilines is 1. The zero-order valence-corrected chi connectivity index (χ0v) is 18.1.